The molecule has 0 atom stereocenters. The number of hydrogen-bond donors (Lipinski definition) is 1. The third-order valence-electron chi connectivity index (χ3n) is 5.01. The van der Waals surface area contributed by atoms with Gasteiger partial charge in [-0.25, -0.2) is 4.98 Å². The largest absolute Gasteiger partial charge is 0.493 e. The zero-order valence-corrected chi connectivity index (χ0v) is 20.2. The van der Waals surface area contributed by atoms with Crippen LogP contribution < -0.4 is 14.8 Å². The molecule has 0 bridgehead atoms. The van der Waals surface area contributed by atoms with Crippen LogP contribution in [0.15, 0.2) is 66.0 Å². The quantitative estimate of drug-likeness (QED) is 0.306. The Morgan fingerprint density at radius 2 is 1.67 bits per heavy atom. The van der Waals surface area contributed by atoms with Crippen LogP contribution >= 0.6 is 34.5 Å². The molecule has 0 spiro atoms. The lowest BCUT2D eigenvalue weighted by atomic mass is 10.1. The summed E-state index contributed by atoms with van der Waals surface area (Å²) in [7, 11) is 3.22. The summed E-state index contributed by atoms with van der Waals surface area (Å²) in [6, 6.07) is 18.5. The van der Waals surface area contributed by atoms with E-state index in [4.69, 9.17) is 37.7 Å². The lowest BCUT2D eigenvalue weighted by Crippen LogP contribution is -2.23. The molecule has 0 saturated heterocycles. The van der Waals surface area contributed by atoms with Crippen LogP contribution in [0.25, 0.3) is 21.8 Å². The highest BCUT2D eigenvalue weighted by atomic mass is 35.5. The van der Waals surface area contributed by atoms with Gasteiger partial charge in [0.15, 0.2) is 11.5 Å². The summed E-state index contributed by atoms with van der Waals surface area (Å²) in [5, 5.41) is 6.61. The zero-order chi connectivity index (χ0) is 23.4. The minimum absolute atomic E-state index is 0.250. The summed E-state index contributed by atoms with van der Waals surface area (Å²) < 4.78 is 10.7. The summed E-state index contributed by atoms with van der Waals surface area (Å²) >= 11 is 13.6. The Bertz CT molecular complexity index is 1290. The van der Waals surface area contributed by atoms with Gasteiger partial charge in [0.05, 0.1) is 30.5 Å². The van der Waals surface area contributed by atoms with Crippen molar-refractivity contribution in [1.29, 1.82) is 0 Å². The van der Waals surface area contributed by atoms with Crippen LogP contribution in [0.2, 0.25) is 10.0 Å². The Morgan fingerprint density at radius 3 is 2.36 bits per heavy atom. The molecule has 3 aromatic carbocycles. The van der Waals surface area contributed by atoms with Crippen molar-refractivity contribution < 1.29 is 14.3 Å². The molecule has 168 valence electrons. The monoisotopic (exact) mass is 498 g/mol. The molecule has 33 heavy (non-hydrogen) atoms. The number of methoxy groups -OCH3 is 2. The molecule has 4 rings (SSSR count). The Kier molecular flexibility index (Phi) is 7.18. The fourth-order valence-electron chi connectivity index (χ4n) is 3.25. The van der Waals surface area contributed by atoms with E-state index >= 15 is 0 Å². The van der Waals surface area contributed by atoms with E-state index in [-0.39, 0.29) is 5.91 Å². The maximum atomic E-state index is 12.4. The highest BCUT2D eigenvalue weighted by Gasteiger charge is 2.12. The Hall–Kier alpha value is -3.06. The maximum Gasteiger partial charge on any atom is 0.253 e. The number of nitrogens with one attached hydrogen (secondary N) is 1. The summed E-state index contributed by atoms with van der Waals surface area (Å²) in [6.07, 6.45) is 0. The van der Waals surface area contributed by atoms with Crippen molar-refractivity contribution in [3.63, 3.8) is 0 Å². The molecule has 0 saturated carbocycles. The molecule has 0 aliphatic rings. The Labute approximate surface area is 205 Å². The van der Waals surface area contributed by atoms with Gasteiger partial charge in [-0.15, -0.1) is 11.3 Å². The molecular formula is C25H20Cl2N2O3S. The van der Waals surface area contributed by atoms with Gasteiger partial charge in [0.2, 0.25) is 0 Å². The molecule has 5 nitrogen and oxygen atoms in total. The number of halogens is 2. The van der Waals surface area contributed by atoms with E-state index in [9.17, 15) is 4.79 Å². The standard InChI is InChI=1S/C25H20Cl2N2O3S/c1-31-22-10-7-17(11-23(22)32-2)21-14-33-25(29-21)16-5-3-15(4-6-16)13-28-24(30)19-9-8-18(26)12-20(19)27/h3-12,14H,13H2,1-2H3,(H,28,30). The lowest BCUT2D eigenvalue weighted by Gasteiger charge is -2.08. The van der Waals surface area contributed by atoms with Crippen molar-refractivity contribution in [2.24, 2.45) is 0 Å². The SMILES string of the molecule is COc1ccc(-c2csc(-c3ccc(CNC(=O)c4ccc(Cl)cc4Cl)cc3)n2)cc1OC. The Balaban J connectivity index is 1.44. The van der Waals surface area contributed by atoms with Gasteiger partial charge in [0, 0.05) is 28.1 Å². The van der Waals surface area contributed by atoms with E-state index in [1.54, 1.807) is 43.8 Å². The molecule has 0 radical (unpaired) electrons. The second kappa shape index (κ2) is 10.3. The molecule has 1 amide bonds. The molecule has 0 unspecified atom stereocenters. The number of thiazole rings is 1. The van der Waals surface area contributed by atoms with E-state index in [0.717, 1.165) is 27.4 Å². The smallest absolute Gasteiger partial charge is 0.253 e. The number of rotatable bonds is 7. The molecule has 0 fully saturated rings. The lowest BCUT2D eigenvalue weighted by molar-refractivity contribution is 0.0951. The van der Waals surface area contributed by atoms with E-state index in [1.807, 2.05) is 47.8 Å². The fourth-order valence-corrected chi connectivity index (χ4v) is 4.58. The molecule has 1 N–H and O–H groups in total. The van der Waals surface area contributed by atoms with Gasteiger partial charge in [0.1, 0.15) is 5.01 Å². The van der Waals surface area contributed by atoms with Gasteiger partial charge in [-0.2, -0.15) is 0 Å². The van der Waals surface area contributed by atoms with Crippen molar-refractivity contribution in [1.82, 2.24) is 10.3 Å². The molecule has 0 aliphatic carbocycles. The van der Waals surface area contributed by atoms with Crippen molar-refractivity contribution in [3.05, 3.63) is 87.2 Å². The van der Waals surface area contributed by atoms with E-state index in [2.05, 4.69) is 5.32 Å². The van der Waals surface area contributed by atoms with E-state index in [1.165, 1.54) is 0 Å². The topological polar surface area (TPSA) is 60.5 Å². The van der Waals surface area contributed by atoms with Gasteiger partial charge in [-0.05, 0) is 42.0 Å². The Morgan fingerprint density at radius 1 is 0.939 bits per heavy atom. The van der Waals surface area contributed by atoms with Crippen LogP contribution in [0.1, 0.15) is 15.9 Å². The van der Waals surface area contributed by atoms with Crippen LogP contribution in [0, 0.1) is 0 Å². The highest BCUT2D eigenvalue weighted by molar-refractivity contribution is 7.13. The van der Waals surface area contributed by atoms with Crippen LogP contribution in [0.4, 0.5) is 0 Å². The third kappa shape index (κ3) is 5.30. The first-order valence-corrected chi connectivity index (χ1v) is 11.6. The molecule has 1 heterocycles. The van der Waals surface area contributed by atoms with Gasteiger partial charge < -0.3 is 14.8 Å². The summed E-state index contributed by atoms with van der Waals surface area (Å²) in [6.45, 7) is 0.382. The second-order valence-corrected chi connectivity index (χ2v) is 8.81. The van der Waals surface area contributed by atoms with Gasteiger partial charge >= 0.3 is 0 Å². The first kappa shape index (κ1) is 23.1. The maximum absolute atomic E-state index is 12.4. The fraction of sp³-hybridized carbons (Fsp3) is 0.120. The number of benzene rings is 3. The number of hydrogen-bond acceptors (Lipinski definition) is 5. The predicted octanol–water partition coefficient (Wildman–Crippen LogP) is 6.73. The predicted molar refractivity (Wildman–Crippen MR) is 134 cm³/mol. The number of nitrogens with zero attached hydrogens (tertiary/aromatic N) is 1. The highest BCUT2D eigenvalue weighted by Crippen LogP contribution is 2.34. The van der Waals surface area contributed by atoms with Crippen LogP contribution in [-0.4, -0.2) is 25.1 Å². The first-order valence-electron chi connectivity index (χ1n) is 9.99. The first-order chi connectivity index (χ1) is 16.0. The van der Waals surface area contributed by atoms with E-state index < -0.39 is 0 Å². The van der Waals surface area contributed by atoms with Crippen LogP contribution in [0.3, 0.4) is 0 Å². The van der Waals surface area contributed by atoms with Gasteiger partial charge in [-0.3, -0.25) is 4.79 Å². The number of amides is 1. The summed E-state index contributed by atoms with van der Waals surface area (Å²) in [4.78, 5) is 17.2. The number of ether oxygens (including phenoxy) is 2. The van der Waals surface area contributed by atoms with Crippen LogP contribution in [-0.2, 0) is 6.54 Å². The number of carbonyl (C=O) groups is 1. The minimum Gasteiger partial charge on any atom is -0.493 e. The van der Waals surface area contributed by atoms with E-state index in [0.29, 0.717) is 33.7 Å². The average molecular weight is 499 g/mol. The second-order valence-electron chi connectivity index (χ2n) is 7.11. The zero-order valence-electron chi connectivity index (χ0n) is 17.9. The minimum atomic E-state index is -0.250. The molecule has 4 aromatic rings. The van der Waals surface area contributed by atoms with Gasteiger partial charge in [-0.1, -0.05) is 47.5 Å². The third-order valence-corrected chi connectivity index (χ3v) is 6.45. The molecule has 8 heteroatoms. The van der Waals surface area contributed by atoms with Crippen molar-refractivity contribution in [3.8, 4) is 33.3 Å². The van der Waals surface area contributed by atoms with Crippen molar-refractivity contribution >= 4 is 40.4 Å². The molecule has 0 aliphatic heterocycles. The van der Waals surface area contributed by atoms with Crippen LogP contribution in [0.5, 0.6) is 11.5 Å². The summed E-state index contributed by atoms with van der Waals surface area (Å²) in [5.41, 5.74) is 4.18. The normalized spacial score (nSPS) is 10.7. The molecular weight excluding hydrogens is 479 g/mol. The number of carbonyl (C=O) groups excluding carboxylic acids is 1. The number of aromatic nitrogens is 1. The van der Waals surface area contributed by atoms with Crippen molar-refractivity contribution in [2.75, 3.05) is 14.2 Å². The van der Waals surface area contributed by atoms with Gasteiger partial charge in [0.25, 0.3) is 5.91 Å². The summed E-state index contributed by atoms with van der Waals surface area (Å²) in [5.74, 6) is 1.09. The van der Waals surface area contributed by atoms with Crippen molar-refractivity contribution in [2.45, 2.75) is 6.54 Å². The molecule has 1 aromatic heterocycles. The average Bonchev–Trinajstić information content (AvgIpc) is 3.33.